The van der Waals surface area contributed by atoms with Gasteiger partial charge in [-0.15, -0.1) is 0 Å². The molecule has 2 N–H and O–H groups in total. The molecule has 4 nitrogen and oxygen atoms in total. The van der Waals surface area contributed by atoms with Crippen molar-refractivity contribution in [3.05, 3.63) is 18.2 Å². The molecule has 1 aliphatic carbocycles. The monoisotopic (exact) mass is 260 g/mol. The summed E-state index contributed by atoms with van der Waals surface area (Å²) in [6.45, 7) is 1.76. The summed E-state index contributed by atoms with van der Waals surface area (Å²) in [5.74, 6) is 0.670. The van der Waals surface area contributed by atoms with Crippen molar-refractivity contribution in [1.82, 2.24) is 0 Å². The maximum Gasteiger partial charge on any atom is 0.265 e. The zero-order chi connectivity index (χ0) is 13.2. The summed E-state index contributed by atoms with van der Waals surface area (Å²) >= 11 is 0. The minimum absolute atomic E-state index is 0.0812. The number of carbonyl (C=O) groups is 1. The van der Waals surface area contributed by atoms with E-state index in [1.54, 1.807) is 6.92 Å². The number of nitrogens with one attached hydrogen (secondary N) is 2. The van der Waals surface area contributed by atoms with E-state index in [4.69, 9.17) is 4.74 Å². The number of fused-ring (bicyclic) bond motifs is 1. The molecule has 1 aliphatic heterocycles. The average molecular weight is 260 g/mol. The molecule has 1 aromatic rings. The number of hydrogen-bond acceptors (Lipinski definition) is 3. The predicted molar refractivity (Wildman–Crippen MR) is 75.7 cm³/mol. The Balaban J connectivity index is 1.74. The average Bonchev–Trinajstić information content (AvgIpc) is 2.42. The molecular weight excluding hydrogens is 240 g/mol. The molecule has 1 saturated carbocycles. The van der Waals surface area contributed by atoms with E-state index in [-0.39, 0.29) is 5.91 Å². The van der Waals surface area contributed by atoms with E-state index in [0.29, 0.717) is 6.04 Å². The second kappa shape index (κ2) is 5.11. The summed E-state index contributed by atoms with van der Waals surface area (Å²) in [4.78, 5) is 11.6. The van der Waals surface area contributed by atoms with Crippen LogP contribution in [0.15, 0.2) is 18.2 Å². The van der Waals surface area contributed by atoms with Gasteiger partial charge in [-0.05, 0) is 38.0 Å². The van der Waals surface area contributed by atoms with Gasteiger partial charge in [0.05, 0.1) is 5.69 Å². The van der Waals surface area contributed by atoms with Crippen molar-refractivity contribution in [2.45, 2.75) is 51.2 Å². The Morgan fingerprint density at radius 2 is 2.05 bits per heavy atom. The highest BCUT2D eigenvalue weighted by Crippen LogP contribution is 2.33. The minimum Gasteiger partial charge on any atom is -0.479 e. The van der Waals surface area contributed by atoms with Crippen molar-refractivity contribution in [3.8, 4) is 5.75 Å². The number of anilines is 2. The Labute approximate surface area is 113 Å². The molecule has 1 aromatic carbocycles. The summed E-state index contributed by atoms with van der Waals surface area (Å²) in [5, 5.41) is 6.43. The van der Waals surface area contributed by atoms with Crippen molar-refractivity contribution in [2.24, 2.45) is 0 Å². The zero-order valence-electron chi connectivity index (χ0n) is 11.2. The summed E-state index contributed by atoms with van der Waals surface area (Å²) < 4.78 is 5.55. The quantitative estimate of drug-likeness (QED) is 0.858. The standard InChI is InChI=1S/C15H20N2O2/c1-10-15(18)17-13-9-12(7-8-14(13)19-10)16-11-5-3-2-4-6-11/h7-11,16H,2-6H2,1H3,(H,17,18). The summed E-state index contributed by atoms with van der Waals surface area (Å²) in [7, 11) is 0. The molecule has 0 aromatic heterocycles. The highest BCUT2D eigenvalue weighted by Gasteiger charge is 2.23. The van der Waals surface area contributed by atoms with E-state index in [2.05, 4.69) is 10.6 Å². The largest absolute Gasteiger partial charge is 0.479 e. The van der Waals surface area contributed by atoms with Crippen LogP contribution in [0.25, 0.3) is 0 Å². The van der Waals surface area contributed by atoms with Crippen molar-refractivity contribution < 1.29 is 9.53 Å². The molecule has 1 atom stereocenters. The maximum absolute atomic E-state index is 11.6. The van der Waals surface area contributed by atoms with Crippen molar-refractivity contribution in [1.29, 1.82) is 0 Å². The normalized spacial score (nSPS) is 23.2. The Morgan fingerprint density at radius 3 is 2.84 bits per heavy atom. The molecule has 3 rings (SSSR count). The van der Waals surface area contributed by atoms with Crippen molar-refractivity contribution in [3.63, 3.8) is 0 Å². The van der Waals surface area contributed by atoms with Gasteiger partial charge in [0.1, 0.15) is 5.75 Å². The summed E-state index contributed by atoms with van der Waals surface area (Å²) in [6, 6.07) is 6.48. The van der Waals surface area contributed by atoms with E-state index in [0.717, 1.165) is 17.1 Å². The van der Waals surface area contributed by atoms with Crippen LogP contribution in [0.3, 0.4) is 0 Å². The van der Waals surface area contributed by atoms with E-state index >= 15 is 0 Å². The van der Waals surface area contributed by atoms with E-state index in [9.17, 15) is 4.79 Å². The van der Waals surface area contributed by atoms with Crippen LogP contribution in [0.5, 0.6) is 5.75 Å². The molecule has 2 aliphatic rings. The van der Waals surface area contributed by atoms with Gasteiger partial charge in [0.2, 0.25) is 0 Å². The number of benzene rings is 1. The van der Waals surface area contributed by atoms with Crippen molar-refractivity contribution in [2.75, 3.05) is 10.6 Å². The molecule has 0 radical (unpaired) electrons. The van der Waals surface area contributed by atoms with E-state index in [1.807, 2.05) is 18.2 Å². The number of ether oxygens (including phenoxy) is 1. The van der Waals surface area contributed by atoms with Gasteiger partial charge in [0.25, 0.3) is 5.91 Å². The van der Waals surface area contributed by atoms with Gasteiger partial charge < -0.3 is 15.4 Å². The topological polar surface area (TPSA) is 50.4 Å². The van der Waals surface area contributed by atoms with Crippen LogP contribution < -0.4 is 15.4 Å². The predicted octanol–water partition coefficient (Wildman–Crippen LogP) is 3.15. The third-order valence-electron chi connectivity index (χ3n) is 3.89. The Kier molecular flexibility index (Phi) is 3.32. The lowest BCUT2D eigenvalue weighted by atomic mass is 9.95. The Hall–Kier alpha value is -1.71. The van der Waals surface area contributed by atoms with Crippen LogP contribution in [0.1, 0.15) is 39.0 Å². The van der Waals surface area contributed by atoms with Crippen LogP contribution >= 0.6 is 0 Å². The second-order valence-corrected chi connectivity index (χ2v) is 5.44. The fourth-order valence-electron chi connectivity index (χ4n) is 2.78. The van der Waals surface area contributed by atoms with Crippen LogP contribution in [-0.2, 0) is 4.79 Å². The number of amides is 1. The van der Waals surface area contributed by atoms with Crippen LogP contribution in [-0.4, -0.2) is 18.1 Å². The summed E-state index contributed by atoms with van der Waals surface area (Å²) in [5.41, 5.74) is 1.83. The first-order valence-electron chi connectivity index (χ1n) is 7.10. The van der Waals surface area contributed by atoms with Gasteiger partial charge in [0, 0.05) is 11.7 Å². The second-order valence-electron chi connectivity index (χ2n) is 5.44. The molecule has 4 heteroatoms. The van der Waals surface area contributed by atoms with Gasteiger partial charge >= 0.3 is 0 Å². The highest BCUT2D eigenvalue weighted by atomic mass is 16.5. The van der Waals surface area contributed by atoms with Gasteiger partial charge in [-0.1, -0.05) is 19.3 Å². The molecular formula is C15H20N2O2. The molecule has 1 unspecified atom stereocenters. The first-order chi connectivity index (χ1) is 9.22. The zero-order valence-corrected chi connectivity index (χ0v) is 11.2. The van der Waals surface area contributed by atoms with E-state index < -0.39 is 6.10 Å². The van der Waals surface area contributed by atoms with E-state index in [1.165, 1.54) is 32.1 Å². The van der Waals surface area contributed by atoms with Gasteiger partial charge in [-0.2, -0.15) is 0 Å². The maximum atomic E-state index is 11.6. The van der Waals surface area contributed by atoms with Crippen molar-refractivity contribution >= 4 is 17.3 Å². The van der Waals surface area contributed by atoms with Crippen LogP contribution in [0.2, 0.25) is 0 Å². The lowest BCUT2D eigenvalue weighted by molar-refractivity contribution is -0.122. The molecule has 19 heavy (non-hydrogen) atoms. The fourth-order valence-corrected chi connectivity index (χ4v) is 2.78. The molecule has 1 fully saturated rings. The third kappa shape index (κ3) is 2.67. The van der Waals surface area contributed by atoms with Gasteiger partial charge in [-0.3, -0.25) is 4.79 Å². The lowest BCUT2D eigenvalue weighted by Gasteiger charge is -2.26. The molecule has 0 saturated heterocycles. The first-order valence-corrected chi connectivity index (χ1v) is 7.10. The first kappa shape index (κ1) is 12.3. The summed E-state index contributed by atoms with van der Waals surface area (Å²) in [6.07, 6.45) is 6.02. The SMILES string of the molecule is CC1Oc2ccc(NC3CCCCC3)cc2NC1=O. The highest BCUT2D eigenvalue weighted by molar-refractivity contribution is 5.98. The Morgan fingerprint density at radius 1 is 1.26 bits per heavy atom. The Bertz CT molecular complexity index is 481. The van der Waals surface area contributed by atoms with Crippen LogP contribution in [0, 0.1) is 0 Å². The fraction of sp³-hybridized carbons (Fsp3) is 0.533. The molecule has 0 bridgehead atoms. The van der Waals surface area contributed by atoms with Gasteiger partial charge in [-0.25, -0.2) is 0 Å². The molecule has 1 amide bonds. The smallest absolute Gasteiger partial charge is 0.265 e. The van der Waals surface area contributed by atoms with Gasteiger partial charge in [0.15, 0.2) is 6.10 Å². The number of carbonyl (C=O) groups excluding carboxylic acids is 1. The lowest BCUT2D eigenvalue weighted by Crippen LogP contribution is -2.34. The van der Waals surface area contributed by atoms with Crippen LogP contribution in [0.4, 0.5) is 11.4 Å². The minimum atomic E-state index is -0.412. The molecule has 1 heterocycles. The number of hydrogen-bond donors (Lipinski definition) is 2. The third-order valence-corrected chi connectivity index (χ3v) is 3.89. The number of rotatable bonds is 2. The molecule has 0 spiro atoms. The molecule has 102 valence electrons.